The Hall–Kier alpha value is -2.63. The first-order chi connectivity index (χ1) is 10.3. The molecular weight excluding hydrogens is 282 g/mol. The number of carbonyl (C=O) groups excluding carboxylic acids is 1. The number of carboxylic acid groups (broad SMARTS) is 1. The maximum atomic E-state index is 12.2. The van der Waals surface area contributed by atoms with Gasteiger partial charge in [0.15, 0.2) is 0 Å². The third-order valence-corrected chi connectivity index (χ3v) is 3.53. The number of nitrogens with one attached hydrogen (secondary N) is 1. The lowest BCUT2D eigenvalue weighted by Crippen LogP contribution is -2.39. The molecule has 6 heteroatoms. The number of nitrogens with zero attached hydrogens (tertiary/aromatic N) is 2. The Kier molecular flexibility index (Phi) is 4.30. The van der Waals surface area contributed by atoms with Gasteiger partial charge in [-0.25, -0.2) is 4.68 Å². The molecule has 0 saturated heterocycles. The minimum absolute atomic E-state index is 0.0527. The summed E-state index contributed by atoms with van der Waals surface area (Å²) in [6.45, 7) is 4.99. The molecule has 0 bridgehead atoms. The van der Waals surface area contributed by atoms with Crippen LogP contribution in [0.1, 0.15) is 29.9 Å². The third kappa shape index (κ3) is 3.16. The van der Waals surface area contributed by atoms with Crippen molar-refractivity contribution in [3.05, 3.63) is 47.8 Å². The fraction of sp³-hybridized carbons (Fsp3) is 0.312. The monoisotopic (exact) mass is 301 g/mol. The van der Waals surface area contributed by atoms with Crippen LogP contribution in [0.5, 0.6) is 0 Å². The normalized spacial score (nSPS) is 11.2. The number of carboxylic acids is 1. The van der Waals surface area contributed by atoms with E-state index in [-0.39, 0.29) is 12.5 Å². The fourth-order valence-electron chi connectivity index (χ4n) is 1.93. The van der Waals surface area contributed by atoms with Crippen molar-refractivity contribution in [3.63, 3.8) is 0 Å². The number of amides is 1. The van der Waals surface area contributed by atoms with Crippen molar-refractivity contribution >= 4 is 11.9 Å². The van der Waals surface area contributed by atoms with Gasteiger partial charge in [-0.1, -0.05) is 18.2 Å². The zero-order chi connectivity index (χ0) is 16.3. The zero-order valence-electron chi connectivity index (χ0n) is 12.8. The van der Waals surface area contributed by atoms with Crippen LogP contribution in [-0.2, 0) is 4.79 Å². The lowest BCUT2D eigenvalue weighted by Gasteiger charge is -2.19. The lowest BCUT2D eigenvalue weighted by atomic mass is 9.94. The maximum absolute atomic E-state index is 12.2. The van der Waals surface area contributed by atoms with Gasteiger partial charge in [-0.2, -0.15) is 5.10 Å². The molecule has 0 aliphatic rings. The van der Waals surface area contributed by atoms with E-state index in [9.17, 15) is 9.59 Å². The summed E-state index contributed by atoms with van der Waals surface area (Å²) in [4.78, 5) is 23.3. The van der Waals surface area contributed by atoms with Crippen molar-refractivity contribution in [2.24, 2.45) is 5.41 Å². The highest BCUT2D eigenvalue weighted by Gasteiger charge is 2.28. The number of carbonyl (C=O) groups is 2. The highest BCUT2D eigenvalue weighted by Crippen LogP contribution is 2.16. The van der Waals surface area contributed by atoms with E-state index in [1.54, 1.807) is 25.5 Å². The van der Waals surface area contributed by atoms with E-state index in [0.717, 1.165) is 5.69 Å². The molecule has 0 aliphatic heterocycles. The average molecular weight is 301 g/mol. The molecule has 1 heterocycles. The number of rotatable bonds is 5. The molecule has 22 heavy (non-hydrogen) atoms. The molecular formula is C16H19N3O3. The van der Waals surface area contributed by atoms with Crippen molar-refractivity contribution < 1.29 is 14.7 Å². The van der Waals surface area contributed by atoms with E-state index in [1.165, 1.54) is 6.20 Å². The van der Waals surface area contributed by atoms with Crippen LogP contribution in [0.25, 0.3) is 5.69 Å². The summed E-state index contributed by atoms with van der Waals surface area (Å²) in [5.74, 6) is -1.28. The molecule has 1 aromatic carbocycles. The number of aliphatic carboxylic acids is 1. The van der Waals surface area contributed by atoms with Gasteiger partial charge in [-0.3, -0.25) is 9.59 Å². The minimum atomic E-state index is -1.01. The molecule has 2 aromatic rings. The van der Waals surface area contributed by atoms with Crippen LogP contribution in [-0.4, -0.2) is 33.3 Å². The van der Waals surface area contributed by atoms with E-state index >= 15 is 0 Å². The summed E-state index contributed by atoms with van der Waals surface area (Å²) in [6.07, 6.45) is 1.49. The number of benzene rings is 1. The molecule has 2 rings (SSSR count). The second kappa shape index (κ2) is 6.01. The molecule has 0 spiro atoms. The van der Waals surface area contributed by atoms with Gasteiger partial charge >= 0.3 is 5.97 Å². The Morgan fingerprint density at radius 1 is 1.27 bits per heavy atom. The Balaban J connectivity index is 2.16. The first-order valence-corrected chi connectivity index (χ1v) is 6.94. The van der Waals surface area contributed by atoms with E-state index in [4.69, 9.17) is 5.11 Å². The van der Waals surface area contributed by atoms with Crippen molar-refractivity contribution in [3.8, 4) is 5.69 Å². The Labute approximate surface area is 128 Å². The zero-order valence-corrected chi connectivity index (χ0v) is 12.8. The summed E-state index contributed by atoms with van der Waals surface area (Å²) in [7, 11) is 0. The number of para-hydroxylation sites is 1. The molecule has 0 radical (unpaired) electrons. The van der Waals surface area contributed by atoms with E-state index in [0.29, 0.717) is 11.3 Å². The van der Waals surface area contributed by atoms with Crippen molar-refractivity contribution in [2.75, 3.05) is 6.54 Å². The SMILES string of the molecule is Cc1c(C(=O)NCC(C)(C)C(=O)O)cnn1-c1ccccc1. The minimum Gasteiger partial charge on any atom is -0.481 e. The van der Waals surface area contributed by atoms with Gasteiger partial charge in [0.1, 0.15) is 0 Å². The summed E-state index contributed by atoms with van der Waals surface area (Å²) < 4.78 is 1.68. The Morgan fingerprint density at radius 3 is 2.50 bits per heavy atom. The highest BCUT2D eigenvalue weighted by molar-refractivity contribution is 5.95. The van der Waals surface area contributed by atoms with Crippen LogP contribution in [0.15, 0.2) is 36.5 Å². The van der Waals surface area contributed by atoms with Gasteiger partial charge in [-0.05, 0) is 32.9 Å². The quantitative estimate of drug-likeness (QED) is 0.885. The Bertz CT molecular complexity index is 690. The maximum Gasteiger partial charge on any atom is 0.310 e. The van der Waals surface area contributed by atoms with E-state index in [1.807, 2.05) is 30.3 Å². The topological polar surface area (TPSA) is 84.2 Å². The second-order valence-electron chi connectivity index (χ2n) is 5.76. The first kappa shape index (κ1) is 15.8. The second-order valence-corrected chi connectivity index (χ2v) is 5.76. The van der Waals surface area contributed by atoms with E-state index < -0.39 is 11.4 Å². The molecule has 116 valence electrons. The largest absolute Gasteiger partial charge is 0.481 e. The smallest absolute Gasteiger partial charge is 0.310 e. The van der Waals surface area contributed by atoms with Crippen LogP contribution in [0.2, 0.25) is 0 Å². The number of aromatic nitrogens is 2. The average Bonchev–Trinajstić information content (AvgIpc) is 2.87. The lowest BCUT2D eigenvalue weighted by molar-refractivity contribution is -0.146. The van der Waals surface area contributed by atoms with Gasteiger partial charge < -0.3 is 10.4 Å². The summed E-state index contributed by atoms with van der Waals surface area (Å²) in [5.41, 5.74) is 0.991. The molecule has 1 amide bonds. The van der Waals surface area contributed by atoms with Gasteiger partial charge in [0.05, 0.1) is 28.6 Å². The predicted molar refractivity (Wildman–Crippen MR) is 82.1 cm³/mol. The van der Waals surface area contributed by atoms with Crippen LogP contribution >= 0.6 is 0 Å². The van der Waals surface area contributed by atoms with Crippen molar-refractivity contribution in [2.45, 2.75) is 20.8 Å². The number of hydrogen-bond donors (Lipinski definition) is 2. The predicted octanol–water partition coefficient (Wildman–Crippen LogP) is 2.02. The molecule has 0 fully saturated rings. The highest BCUT2D eigenvalue weighted by atomic mass is 16.4. The van der Waals surface area contributed by atoms with Crippen LogP contribution in [0, 0.1) is 12.3 Å². The van der Waals surface area contributed by atoms with Gasteiger partial charge in [-0.15, -0.1) is 0 Å². The van der Waals surface area contributed by atoms with E-state index in [2.05, 4.69) is 10.4 Å². The standard InChI is InChI=1S/C16H19N3O3/c1-11-13(14(20)17-10-16(2,3)15(21)22)9-18-19(11)12-7-5-4-6-8-12/h4-9H,10H2,1-3H3,(H,17,20)(H,21,22). The fourth-order valence-corrected chi connectivity index (χ4v) is 1.93. The van der Waals surface area contributed by atoms with Gasteiger partial charge in [0.2, 0.25) is 0 Å². The third-order valence-electron chi connectivity index (χ3n) is 3.53. The number of hydrogen-bond acceptors (Lipinski definition) is 3. The molecule has 0 saturated carbocycles. The van der Waals surface area contributed by atoms with Crippen LogP contribution in [0.4, 0.5) is 0 Å². The van der Waals surface area contributed by atoms with Crippen molar-refractivity contribution in [1.82, 2.24) is 15.1 Å². The van der Waals surface area contributed by atoms with Gasteiger partial charge in [0.25, 0.3) is 5.91 Å². The molecule has 0 atom stereocenters. The van der Waals surface area contributed by atoms with Crippen LogP contribution in [0.3, 0.4) is 0 Å². The molecule has 0 aliphatic carbocycles. The van der Waals surface area contributed by atoms with Crippen molar-refractivity contribution in [1.29, 1.82) is 0 Å². The first-order valence-electron chi connectivity index (χ1n) is 6.94. The molecule has 2 N–H and O–H groups in total. The van der Waals surface area contributed by atoms with Gasteiger partial charge in [0, 0.05) is 6.54 Å². The Morgan fingerprint density at radius 2 is 1.91 bits per heavy atom. The summed E-state index contributed by atoms with van der Waals surface area (Å²) >= 11 is 0. The summed E-state index contributed by atoms with van der Waals surface area (Å²) in [6, 6.07) is 9.49. The van der Waals surface area contributed by atoms with Crippen LogP contribution < -0.4 is 5.32 Å². The molecule has 0 unspecified atom stereocenters. The summed E-state index contributed by atoms with van der Waals surface area (Å²) in [5, 5.41) is 15.9. The molecule has 6 nitrogen and oxygen atoms in total. The molecule has 1 aromatic heterocycles.